The summed E-state index contributed by atoms with van der Waals surface area (Å²) in [5.74, 6) is 0.216. The molecule has 2 aromatic rings. The summed E-state index contributed by atoms with van der Waals surface area (Å²) in [4.78, 5) is 12.0. The normalized spacial score (nSPS) is 20.6. The smallest absolute Gasteiger partial charge is 0.138 e. The van der Waals surface area contributed by atoms with Gasteiger partial charge in [0.1, 0.15) is 5.78 Å². The Morgan fingerprint density at radius 3 is 1.64 bits per heavy atom. The third-order valence-electron chi connectivity index (χ3n) is 4.13. The van der Waals surface area contributed by atoms with Crippen molar-refractivity contribution in [3.8, 4) is 0 Å². The van der Waals surface area contributed by atoms with Crippen molar-refractivity contribution in [1.82, 2.24) is 0 Å². The third kappa shape index (κ3) is 6.09. The molecule has 1 heterocycles. The number of hydrogen-bond donors (Lipinski definition) is 0. The fourth-order valence-electron chi connectivity index (χ4n) is 2.92. The van der Waals surface area contributed by atoms with Gasteiger partial charge < -0.3 is 14.2 Å². The number of ether oxygens (including phenoxy) is 3. The molecule has 25 heavy (non-hydrogen) atoms. The Balaban J connectivity index is 1.39. The molecule has 0 amide bonds. The van der Waals surface area contributed by atoms with E-state index in [1.54, 1.807) is 0 Å². The van der Waals surface area contributed by atoms with E-state index in [2.05, 4.69) is 0 Å². The lowest BCUT2D eigenvalue weighted by molar-refractivity contribution is -0.147. The molecule has 3 rings (SSSR count). The molecule has 4 heteroatoms. The lowest BCUT2D eigenvalue weighted by atomic mass is 10.0. The third-order valence-corrected chi connectivity index (χ3v) is 4.13. The van der Waals surface area contributed by atoms with Crippen molar-refractivity contribution in [2.24, 2.45) is 0 Å². The molecule has 0 saturated carbocycles. The molecule has 0 spiro atoms. The van der Waals surface area contributed by atoms with Crippen molar-refractivity contribution in [1.29, 1.82) is 0 Å². The maximum Gasteiger partial charge on any atom is 0.138 e. The number of hydrogen-bond acceptors (Lipinski definition) is 4. The molecule has 0 aromatic heterocycles. The van der Waals surface area contributed by atoms with Crippen molar-refractivity contribution in [3.05, 3.63) is 71.8 Å². The highest BCUT2D eigenvalue weighted by molar-refractivity contribution is 5.80. The summed E-state index contributed by atoms with van der Waals surface area (Å²) in [5.41, 5.74) is 2.24. The van der Waals surface area contributed by atoms with Gasteiger partial charge >= 0.3 is 0 Å². The Bertz CT molecular complexity index is 586. The van der Waals surface area contributed by atoms with Gasteiger partial charge in [-0.2, -0.15) is 0 Å². The first kappa shape index (κ1) is 17.8. The Labute approximate surface area is 148 Å². The van der Waals surface area contributed by atoms with E-state index >= 15 is 0 Å². The SMILES string of the molecule is O=C1C[C@@H](COCc2ccccc2)O[C@@H](COCc2ccccc2)C1. The second kappa shape index (κ2) is 9.47. The minimum Gasteiger partial charge on any atom is -0.374 e. The summed E-state index contributed by atoms with van der Waals surface area (Å²) in [6, 6.07) is 20.0. The van der Waals surface area contributed by atoms with E-state index in [1.165, 1.54) is 0 Å². The van der Waals surface area contributed by atoms with Gasteiger partial charge in [0.15, 0.2) is 0 Å². The Hall–Kier alpha value is -2.01. The molecule has 1 aliphatic heterocycles. The van der Waals surface area contributed by atoms with Gasteiger partial charge in [-0.3, -0.25) is 4.79 Å². The van der Waals surface area contributed by atoms with Crippen LogP contribution in [0.3, 0.4) is 0 Å². The molecule has 2 aromatic carbocycles. The largest absolute Gasteiger partial charge is 0.374 e. The molecule has 132 valence electrons. The van der Waals surface area contributed by atoms with Crippen LogP contribution in [0.1, 0.15) is 24.0 Å². The molecule has 1 aliphatic rings. The maximum absolute atomic E-state index is 12.0. The number of rotatable bonds is 8. The average Bonchev–Trinajstić information content (AvgIpc) is 2.63. The van der Waals surface area contributed by atoms with Gasteiger partial charge in [-0.25, -0.2) is 0 Å². The maximum atomic E-state index is 12.0. The number of ketones is 1. The predicted molar refractivity (Wildman–Crippen MR) is 95.1 cm³/mol. The molecule has 4 nitrogen and oxygen atoms in total. The number of benzene rings is 2. The van der Waals surface area contributed by atoms with E-state index in [1.807, 2.05) is 60.7 Å². The highest BCUT2D eigenvalue weighted by Crippen LogP contribution is 2.18. The van der Waals surface area contributed by atoms with Crippen LogP contribution < -0.4 is 0 Å². The summed E-state index contributed by atoms with van der Waals surface area (Å²) in [6.45, 7) is 1.92. The second-order valence-corrected chi connectivity index (χ2v) is 6.33. The van der Waals surface area contributed by atoms with Crippen molar-refractivity contribution < 1.29 is 19.0 Å². The minimum atomic E-state index is -0.185. The summed E-state index contributed by atoms with van der Waals surface area (Å²) in [7, 11) is 0. The topological polar surface area (TPSA) is 44.8 Å². The van der Waals surface area contributed by atoms with Crippen LogP contribution in [0.15, 0.2) is 60.7 Å². The lowest BCUT2D eigenvalue weighted by Gasteiger charge is -2.29. The van der Waals surface area contributed by atoms with E-state index < -0.39 is 0 Å². The van der Waals surface area contributed by atoms with Crippen LogP contribution >= 0.6 is 0 Å². The van der Waals surface area contributed by atoms with E-state index in [-0.39, 0.29) is 18.0 Å². The fourth-order valence-corrected chi connectivity index (χ4v) is 2.92. The summed E-state index contributed by atoms with van der Waals surface area (Å²) in [5, 5.41) is 0. The van der Waals surface area contributed by atoms with Gasteiger partial charge in [0, 0.05) is 12.8 Å². The minimum absolute atomic E-state index is 0.185. The Kier molecular flexibility index (Phi) is 6.74. The van der Waals surface area contributed by atoms with Gasteiger partial charge in [-0.15, -0.1) is 0 Å². The van der Waals surface area contributed by atoms with Crippen LogP contribution in [0, 0.1) is 0 Å². The first-order valence-electron chi connectivity index (χ1n) is 8.70. The van der Waals surface area contributed by atoms with Crippen LogP contribution in [-0.4, -0.2) is 31.2 Å². The molecule has 0 bridgehead atoms. The number of carbonyl (C=O) groups excluding carboxylic acids is 1. The summed E-state index contributed by atoms with van der Waals surface area (Å²) >= 11 is 0. The first-order chi connectivity index (χ1) is 12.3. The number of carbonyl (C=O) groups is 1. The molecule has 0 unspecified atom stereocenters. The lowest BCUT2D eigenvalue weighted by Crippen LogP contribution is -2.38. The van der Waals surface area contributed by atoms with E-state index in [9.17, 15) is 4.79 Å². The molecule has 0 N–H and O–H groups in total. The van der Waals surface area contributed by atoms with Crippen molar-refractivity contribution in [2.45, 2.75) is 38.3 Å². The highest BCUT2D eigenvalue weighted by Gasteiger charge is 2.28. The van der Waals surface area contributed by atoms with Crippen molar-refractivity contribution in [3.63, 3.8) is 0 Å². The molecule has 0 radical (unpaired) electrons. The quantitative estimate of drug-likeness (QED) is 0.737. The van der Waals surface area contributed by atoms with Gasteiger partial charge in [0.25, 0.3) is 0 Å². The van der Waals surface area contributed by atoms with Gasteiger partial charge in [0.05, 0.1) is 38.6 Å². The zero-order chi connectivity index (χ0) is 17.3. The van der Waals surface area contributed by atoms with Crippen molar-refractivity contribution in [2.75, 3.05) is 13.2 Å². The first-order valence-corrected chi connectivity index (χ1v) is 8.70. The van der Waals surface area contributed by atoms with Crippen LogP contribution in [-0.2, 0) is 32.2 Å². The van der Waals surface area contributed by atoms with Gasteiger partial charge in [-0.05, 0) is 11.1 Å². The van der Waals surface area contributed by atoms with Crippen LogP contribution in [0.5, 0.6) is 0 Å². The fraction of sp³-hybridized carbons (Fsp3) is 0.381. The van der Waals surface area contributed by atoms with Crippen LogP contribution in [0.25, 0.3) is 0 Å². The monoisotopic (exact) mass is 340 g/mol. The molecule has 1 fully saturated rings. The number of Topliss-reactive ketones (excluding diaryl/α,β-unsaturated/α-hetero) is 1. The van der Waals surface area contributed by atoms with Crippen LogP contribution in [0.4, 0.5) is 0 Å². The molecule has 2 atom stereocenters. The van der Waals surface area contributed by atoms with E-state index in [4.69, 9.17) is 14.2 Å². The van der Waals surface area contributed by atoms with Gasteiger partial charge in [0.2, 0.25) is 0 Å². The summed E-state index contributed by atoms with van der Waals surface area (Å²) < 4.78 is 17.4. The van der Waals surface area contributed by atoms with Gasteiger partial charge in [-0.1, -0.05) is 60.7 Å². The molecular weight excluding hydrogens is 316 g/mol. The standard InChI is InChI=1S/C21H24O4/c22-19-11-20(15-23-13-17-7-3-1-4-8-17)25-21(12-19)16-24-14-18-9-5-2-6-10-18/h1-10,20-21H,11-16H2/t20-,21+. The van der Waals surface area contributed by atoms with Crippen molar-refractivity contribution >= 4 is 5.78 Å². The molecular formula is C21H24O4. The zero-order valence-corrected chi connectivity index (χ0v) is 14.3. The highest BCUT2D eigenvalue weighted by atomic mass is 16.6. The zero-order valence-electron chi connectivity index (χ0n) is 14.3. The Morgan fingerprint density at radius 1 is 0.760 bits per heavy atom. The average molecular weight is 340 g/mol. The molecule has 1 saturated heterocycles. The summed E-state index contributed by atoms with van der Waals surface area (Å²) in [6.07, 6.45) is 0.471. The van der Waals surface area contributed by atoms with E-state index in [0.717, 1.165) is 11.1 Å². The van der Waals surface area contributed by atoms with Crippen LogP contribution in [0.2, 0.25) is 0 Å². The Morgan fingerprint density at radius 2 is 1.20 bits per heavy atom. The second-order valence-electron chi connectivity index (χ2n) is 6.33. The predicted octanol–water partition coefficient (Wildman–Crippen LogP) is 3.54. The van der Waals surface area contributed by atoms with E-state index in [0.29, 0.717) is 39.3 Å². The molecule has 0 aliphatic carbocycles.